The molecule has 4 rings (SSSR count). The van der Waals surface area contributed by atoms with Crippen molar-refractivity contribution in [1.29, 1.82) is 0 Å². The quantitative estimate of drug-likeness (QED) is 0.461. The number of hydrogen-bond acceptors (Lipinski definition) is 5. The van der Waals surface area contributed by atoms with Crippen molar-refractivity contribution < 1.29 is 22.7 Å². The number of nitrogens with zero attached hydrogens (tertiary/aromatic N) is 4. The highest BCUT2D eigenvalue weighted by atomic mass is 19.4. The molecule has 1 aliphatic carbocycles. The van der Waals surface area contributed by atoms with E-state index in [2.05, 4.69) is 14.7 Å². The lowest BCUT2D eigenvalue weighted by Gasteiger charge is -2.34. The smallest absolute Gasteiger partial charge is 0.406 e. The maximum Gasteiger partial charge on any atom is 0.573 e. The molecule has 6 nitrogen and oxygen atoms in total. The van der Waals surface area contributed by atoms with E-state index in [1.165, 1.54) is 24.5 Å². The van der Waals surface area contributed by atoms with Crippen LogP contribution >= 0.6 is 0 Å². The maximum absolute atomic E-state index is 13.9. The van der Waals surface area contributed by atoms with E-state index in [1.54, 1.807) is 30.4 Å². The Balaban J connectivity index is 1.68. The summed E-state index contributed by atoms with van der Waals surface area (Å²) in [6.07, 6.45) is 1.63. The molecule has 178 valence electrons. The van der Waals surface area contributed by atoms with Gasteiger partial charge in [-0.2, -0.15) is 0 Å². The number of likely N-dealkylation sites (N-methyl/N-ethyl adjacent to an activating group) is 1. The van der Waals surface area contributed by atoms with Crippen molar-refractivity contribution in [3.05, 3.63) is 83.9 Å². The van der Waals surface area contributed by atoms with Crippen LogP contribution < -0.4 is 9.64 Å². The normalized spacial score (nSPS) is 14.6. The second-order valence-corrected chi connectivity index (χ2v) is 8.36. The predicted molar refractivity (Wildman–Crippen MR) is 121 cm³/mol. The number of hydrogen-bond donors (Lipinski definition) is 0. The summed E-state index contributed by atoms with van der Waals surface area (Å²) in [5, 5.41) is 0. The Morgan fingerprint density at radius 3 is 2.47 bits per heavy atom. The number of halogens is 3. The first-order valence-electron chi connectivity index (χ1n) is 10.9. The summed E-state index contributed by atoms with van der Waals surface area (Å²) in [6.45, 7) is 2.21. The summed E-state index contributed by atoms with van der Waals surface area (Å²) >= 11 is 0. The minimum absolute atomic E-state index is 0.117. The van der Waals surface area contributed by atoms with Crippen molar-refractivity contribution >= 4 is 11.6 Å². The van der Waals surface area contributed by atoms with Gasteiger partial charge in [-0.15, -0.1) is 13.2 Å². The van der Waals surface area contributed by atoms with Gasteiger partial charge in [-0.05, 0) is 49.1 Å². The molecule has 1 fully saturated rings. The number of alkyl halides is 3. The molecule has 0 saturated heterocycles. The van der Waals surface area contributed by atoms with Crippen LogP contribution in [0.1, 0.15) is 35.6 Å². The second kappa shape index (κ2) is 9.80. The van der Waals surface area contributed by atoms with Crippen LogP contribution in [0.4, 0.5) is 18.9 Å². The van der Waals surface area contributed by atoms with Crippen molar-refractivity contribution in [1.82, 2.24) is 14.9 Å². The number of ether oxygens (including phenoxy) is 1. The zero-order valence-electron chi connectivity index (χ0n) is 18.9. The summed E-state index contributed by atoms with van der Waals surface area (Å²) in [5.41, 5.74) is 2.98. The molecular weight excluding hydrogens is 445 g/mol. The van der Waals surface area contributed by atoms with Crippen LogP contribution in [0, 0.1) is 6.92 Å². The highest BCUT2D eigenvalue weighted by molar-refractivity contribution is 5.98. The fourth-order valence-electron chi connectivity index (χ4n) is 4.06. The number of carbonyl (C=O) groups is 1. The fourth-order valence-corrected chi connectivity index (χ4v) is 4.06. The zero-order valence-corrected chi connectivity index (χ0v) is 18.9. The zero-order chi connectivity index (χ0) is 24.3. The number of amides is 1. The SMILES string of the molecule is Cc1ccccc1N(C)C(=O)C(c1cncnc1)N(Cc1cccc(OC(F)(F)F)c1)C1CC1. The molecule has 0 aliphatic heterocycles. The number of para-hydroxylation sites is 1. The third-order valence-electron chi connectivity index (χ3n) is 5.78. The van der Waals surface area contributed by atoms with Crippen LogP contribution in [0.25, 0.3) is 0 Å². The first kappa shape index (κ1) is 23.7. The third kappa shape index (κ3) is 5.72. The molecular formula is C25H25F3N4O2. The molecule has 1 heterocycles. The summed E-state index contributed by atoms with van der Waals surface area (Å²) in [6, 6.07) is 12.9. The Bertz CT molecular complexity index is 1140. The van der Waals surface area contributed by atoms with E-state index in [0.29, 0.717) is 11.1 Å². The van der Waals surface area contributed by atoms with Crippen LogP contribution in [0.15, 0.2) is 67.3 Å². The van der Waals surface area contributed by atoms with E-state index >= 15 is 0 Å². The average molecular weight is 470 g/mol. The molecule has 1 saturated carbocycles. The molecule has 34 heavy (non-hydrogen) atoms. The van der Waals surface area contributed by atoms with E-state index in [9.17, 15) is 18.0 Å². The van der Waals surface area contributed by atoms with Crippen LogP contribution in [0.3, 0.4) is 0 Å². The minimum atomic E-state index is -4.77. The number of aryl methyl sites for hydroxylation is 1. The van der Waals surface area contributed by atoms with Gasteiger partial charge in [0.1, 0.15) is 18.1 Å². The Morgan fingerprint density at radius 1 is 1.12 bits per heavy atom. The lowest BCUT2D eigenvalue weighted by molar-refractivity contribution is -0.274. The molecule has 0 N–H and O–H groups in total. The summed E-state index contributed by atoms with van der Waals surface area (Å²) in [7, 11) is 1.73. The van der Waals surface area contributed by atoms with Gasteiger partial charge >= 0.3 is 6.36 Å². The van der Waals surface area contributed by atoms with Gasteiger partial charge in [-0.3, -0.25) is 9.69 Å². The molecule has 1 amide bonds. The fraction of sp³-hybridized carbons (Fsp3) is 0.320. The van der Waals surface area contributed by atoms with Crippen LogP contribution in [0.5, 0.6) is 5.75 Å². The predicted octanol–water partition coefficient (Wildman–Crippen LogP) is 5.05. The Kier molecular flexibility index (Phi) is 6.83. The van der Waals surface area contributed by atoms with E-state index in [4.69, 9.17) is 0 Å². The monoisotopic (exact) mass is 470 g/mol. The van der Waals surface area contributed by atoms with Crippen molar-refractivity contribution in [3.8, 4) is 5.75 Å². The summed E-state index contributed by atoms with van der Waals surface area (Å²) in [5.74, 6) is -0.456. The third-order valence-corrected chi connectivity index (χ3v) is 5.78. The van der Waals surface area contributed by atoms with Gasteiger partial charge in [0.25, 0.3) is 0 Å². The standard InChI is InChI=1S/C25H25F3N4O2/c1-17-6-3-4-9-22(17)31(2)24(33)23(19-13-29-16-30-14-19)32(20-10-11-20)15-18-7-5-8-21(12-18)34-25(26,27)28/h3-9,12-14,16,20,23H,10-11,15H2,1-2H3. The highest BCUT2D eigenvalue weighted by Gasteiger charge is 2.40. The molecule has 1 aromatic heterocycles. The van der Waals surface area contributed by atoms with Crippen LogP contribution in [0.2, 0.25) is 0 Å². The Hall–Kier alpha value is -3.46. The van der Waals surface area contributed by atoms with Crippen molar-refractivity contribution in [2.75, 3.05) is 11.9 Å². The summed E-state index contributed by atoms with van der Waals surface area (Å²) in [4.78, 5) is 25.7. The van der Waals surface area contributed by atoms with Crippen LogP contribution in [-0.4, -0.2) is 40.2 Å². The molecule has 3 aromatic rings. The molecule has 1 atom stereocenters. The Labute approximate surface area is 196 Å². The maximum atomic E-state index is 13.9. The minimum Gasteiger partial charge on any atom is -0.406 e. The highest BCUT2D eigenvalue weighted by Crippen LogP contribution is 2.38. The number of anilines is 1. The first-order valence-corrected chi connectivity index (χ1v) is 10.9. The molecule has 9 heteroatoms. The molecule has 2 aromatic carbocycles. The number of rotatable bonds is 8. The molecule has 0 bridgehead atoms. The van der Waals surface area contributed by atoms with Crippen molar-refractivity contribution in [2.24, 2.45) is 0 Å². The van der Waals surface area contributed by atoms with E-state index in [0.717, 1.165) is 24.1 Å². The van der Waals surface area contributed by atoms with Crippen LogP contribution in [-0.2, 0) is 11.3 Å². The van der Waals surface area contributed by atoms with Gasteiger partial charge in [0.05, 0.1) is 0 Å². The molecule has 1 unspecified atom stereocenters. The first-order chi connectivity index (χ1) is 16.2. The second-order valence-electron chi connectivity index (χ2n) is 8.36. The van der Waals surface area contributed by atoms with Gasteiger partial charge in [0.15, 0.2) is 0 Å². The van der Waals surface area contributed by atoms with E-state index in [-0.39, 0.29) is 24.2 Å². The lowest BCUT2D eigenvalue weighted by Crippen LogP contribution is -2.42. The van der Waals surface area contributed by atoms with Gasteiger partial charge in [-0.25, -0.2) is 9.97 Å². The number of aromatic nitrogens is 2. The van der Waals surface area contributed by atoms with Gasteiger partial charge in [0, 0.05) is 43.3 Å². The van der Waals surface area contributed by atoms with E-state index in [1.807, 2.05) is 36.1 Å². The van der Waals surface area contributed by atoms with Gasteiger partial charge < -0.3 is 9.64 Å². The number of carbonyl (C=O) groups excluding carboxylic acids is 1. The number of benzene rings is 2. The average Bonchev–Trinajstić information content (AvgIpc) is 3.64. The van der Waals surface area contributed by atoms with Crippen molar-refractivity contribution in [3.63, 3.8) is 0 Å². The van der Waals surface area contributed by atoms with Crippen molar-refractivity contribution in [2.45, 2.75) is 44.8 Å². The topological polar surface area (TPSA) is 58.6 Å². The molecule has 1 aliphatic rings. The van der Waals surface area contributed by atoms with E-state index < -0.39 is 12.4 Å². The lowest BCUT2D eigenvalue weighted by atomic mass is 10.0. The van der Waals surface area contributed by atoms with Gasteiger partial charge in [-0.1, -0.05) is 30.3 Å². The molecule has 0 spiro atoms. The largest absolute Gasteiger partial charge is 0.573 e. The Morgan fingerprint density at radius 2 is 1.82 bits per heavy atom. The molecule has 0 radical (unpaired) electrons. The summed E-state index contributed by atoms with van der Waals surface area (Å²) < 4.78 is 42.2. The van der Waals surface area contributed by atoms with Gasteiger partial charge in [0.2, 0.25) is 5.91 Å².